The Kier molecular flexibility index (Phi) is 5.10. The highest BCUT2D eigenvalue weighted by Gasteiger charge is 2.22. The standard InChI is InChI=1S/C17H18ClN3O2/c18-14-10-12(21-17(22)15-5-3-9-20-15)6-7-16(14)23-11-13-4-1-2-8-19-13/h1-2,4,6-8,10,15,20H,3,5,9,11H2,(H,21,22)/t15-/m0/s1. The summed E-state index contributed by atoms with van der Waals surface area (Å²) in [6.07, 6.45) is 3.61. The summed E-state index contributed by atoms with van der Waals surface area (Å²) in [5, 5.41) is 6.49. The molecule has 1 saturated heterocycles. The second-order valence-corrected chi connectivity index (χ2v) is 5.80. The van der Waals surface area contributed by atoms with E-state index in [1.165, 1.54) is 0 Å². The molecule has 120 valence electrons. The van der Waals surface area contributed by atoms with E-state index < -0.39 is 0 Å². The van der Waals surface area contributed by atoms with E-state index in [9.17, 15) is 4.79 Å². The average molecular weight is 332 g/mol. The zero-order chi connectivity index (χ0) is 16.1. The van der Waals surface area contributed by atoms with Gasteiger partial charge in [-0.1, -0.05) is 17.7 Å². The van der Waals surface area contributed by atoms with Gasteiger partial charge in [-0.25, -0.2) is 0 Å². The van der Waals surface area contributed by atoms with Crippen LogP contribution >= 0.6 is 11.6 Å². The number of carbonyl (C=O) groups excluding carboxylic acids is 1. The van der Waals surface area contributed by atoms with Crippen molar-refractivity contribution in [3.05, 3.63) is 53.3 Å². The summed E-state index contributed by atoms with van der Waals surface area (Å²) in [6, 6.07) is 10.8. The lowest BCUT2D eigenvalue weighted by molar-refractivity contribution is -0.117. The maximum Gasteiger partial charge on any atom is 0.241 e. The van der Waals surface area contributed by atoms with Gasteiger partial charge in [-0.2, -0.15) is 0 Å². The molecule has 0 radical (unpaired) electrons. The fourth-order valence-corrected chi connectivity index (χ4v) is 2.70. The van der Waals surface area contributed by atoms with Gasteiger partial charge in [-0.3, -0.25) is 9.78 Å². The summed E-state index contributed by atoms with van der Waals surface area (Å²) in [5.74, 6) is 0.537. The van der Waals surface area contributed by atoms with Gasteiger partial charge >= 0.3 is 0 Å². The van der Waals surface area contributed by atoms with Gasteiger partial charge in [-0.15, -0.1) is 0 Å². The first-order valence-corrected chi connectivity index (χ1v) is 7.97. The zero-order valence-electron chi connectivity index (χ0n) is 12.6. The van der Waals surface area contributed by atoms with Crippen LogP contribution in [0.5, 0.6) is 5.75 Å². The molecule has 1 aromatic heterocycles. The van der Waals surface area contributed by atoms with E-state index >= 15 is 0 Å². The number of nitrogens with zero attached hydrogens (tertiary/aromatic N) is 1. The number of anilines is 1. The second-order valence-electron chi connectivity index (χ2n) is 5.39. The van der Waals surface area contributed by atoms with Crippen LogP contribution in [0, 0.1) is 0 Å². The summed E-state index contributed by atoms with van der Waals surface area (Å²) in [4.78, 5) is 16.3. The Bertz CT molecular complexity index is 673. The van der Waals surface area contributed by atoms with Gasteiger partial charge < -0.3 is 15.4 Å². The summed E-state index contributed by atoms with van der Waals surface area (Å²) in [6.45, 7) is 1.23. The van der Waals surface area contributed by atoms with E-state index in [4.69, 9.17) is 16.3 Å². The fourth-order valence-electron chi connectivity index (χ4n) is 2.47. The number of hydrogen-bond acceptors (Lipinski definition) is 4. The maximum atomic E-state index is 12.1. The zero-order valence-corrected chi connectivity index (χ0v) is 13.3. The number of ether oxygens (including phenoxy) is 1. The highest BCUT2D eigenvalue weighted by atomic mass is 35.5. The molecule has 3 rings (SSSR count). The van der Waals surface area contributed by atoms with E-state index in [0.29, 0.717) is 23.1 Å². The van der Waals surface area contributed by atoms with Crippen LogP contribution in [-0.2, 0) is 11.4 Å². The van der Waals surface area contributed by atoms with Crippen LogP contribution in [0.15, 0.2) is 42.6 Å². The maximum absolute atomic E-state index is 12.1. The minimum absolute atomic E-state index is 0.0271. The third-order valence-electron chi connectivity index (χ3n) is 3.68. The first-order valence-electron chi connectivity index (χ1n) is 7.59. The van der Waals surface area contributed by atoms with Crippen molar-refractivity contribution in [3.63, 3.8) is 0 Å². The average Bonchev–Trinajstić information content (AvgIpc) is 3.10. The van der Waals surface area contributed by atoms with Gasteiger partial charge in [0, 0.05) is 11.9 Å². The molecule has 2 aromatic rings. The molecule has 23 heavy (non-hydrogen) atoms. The number of nitrogens with one attached hydrogen (secondary N) is 2. The minimum Gasteiger partial charge on any atom is -0.486 e. The molecule has 2 N–H and O–H groups in total. The van der Waals surface area contributed by atoms with Crippen molar-refractivity contribution in [2.75, 3.05) is 11.9 Å². The van der Waals surface area contributed by atoms with Crippen LogP contribution in [0.25, 0.3) is 0 Å². The third-order valence-corrected chi connectivity index (χ3v) is 3.97. The predicted molar refractivity (Wildman–Crippen MR) is 89.7 cm³/mol. The minimum atomic E-state index is -0.117. The summed E-state index contributed by atoms with van der Waals surface area (Å²) >= 11 is 6.23. The van der Waals surface area contributed by atoms with Crippen LogP contribution in [0.4, 0.5) is 5.69 Å². The van der Waals surface area contributed by atoms with Gasteiger partial charge in [0.05, 0.1) is 16.8 Å². The van der Waals surface area contributed by atoms with Crippen molar-refractivity contribution in [2.24, 2.45) is 0 Å². The lowest BCUT2D eigenvalue weighted by atomic mass is 10.2. The molecule has 1 atom stereocenters. The van der Waals surface area contributed by atoms with E-state index in [-0.39, 0.29) is 11.9 Å². The van der Waals surface area contributed by atoms with Gasteiger partial charge in [0.15, 0.2) is 0 Å². The Labute approximate surface area is 140 Å². The molecule has 0 aliphatic carbocycles. The number of halogens is 1. The predicted octanol–water partition coefficient (Wildman–Crippen LogP) is 3.00. The molecule has 0 saturated carbocycles. The Balaban J connectivity index is 1.60. The molecular formula is C17H18ClN3O2. The molecule has 1 aliphatic rings. The first-order chi connectivity index (χ1) is 11.2. The monoisotopic (exact) mass is 331 g/mol. The third kappa shape index (κ3) is 4.21. The molecule has 1 amide bonds. The Morgan fingerprint density at radius 3 is 3.00 bits per heavy atom. The van der Waals surface area contributed by atoms with Crippen molar-refractivity contribution < 1.29 is 9.53 Å². The molecule has 0 unspecified atom stereocenters. The Hall–Kier alpha value is -2.11. The molecule has 2 heterocycles. The van der Waals surface area contributed by atoms with E-state index in [0.717, 1.165) is 25.1 Å². The van der Waals surface area contributed by atoms with Crippen LogP contribution in [0.3, 0.4) is 0 Å². The van der Waals surface area contributed by atoms with Crippen molar-refractivity contribution in [1.29, 1.82) is 0 Å². The highest BCUT2D eigenvalue weighted by molar-refractivity contribution is 6.32. The number of hydrogen-bond donors (Lipinski definition) is 2. The Morgan fingerprint density at radius 1 is 1.39 bits per heavy atom. The normalized spacial score (nSPS) is 17.0. The smallest absolute Gasteiger partial charge is 0.241 e. The van der Waals surface area contributed by atoms with Gasteiger partial charge in [-0.05, 0) is 49.7 Å². The topological polar surface area (TPSA) is 63.2 Å². The van der Waals surface area contributed by atoms with Gasteiger partial charge in [0.2, 0.25) is 5.91 Å². The van der Waals surface area contributed by atoms with Crippen LogP contribution in [-0.4, -0.2) is 23.5 Å². The molecular weight excluding hydrogens is 314 g/mol. The molecule has 1 aliphatic heterocycles. The number of carbonyl (C=O) groups is 1. The molecule has 1 aromatic carbocycles. The molecule has 0 spiro atoms. The van der Waals surface area contributed by atoms with E-state index in [1.54, 1.807) is 24.4 Å². The highest BCUT2D eigenvalue weighted by Crippen LogP contribution is 2.28. The van der Waals surface area contributed by atoms with Crippen LogP contribution in [0.1, 0.15) is 18.5 Å². The SMILES string of the molecule is O=C(Nc1ccc(OCc2ccccn2)c(Cl)c1)[C@@H]1CCCN1. The molecule has 1 fully saturated rings. The molecule has 0 bridgehead atoms. The molecule has 6 heteroatoms. The number of aromatic nitrogens is 1. The van der Waals surface area contributed by atoms with Crippen molar-refractivity contribution in [1.82, 2.24) is 10.3 Å². The summed E-state index contributed by atoms with van der Waals surface area (Å²) < 4.78 is 5.66. The quantitative estimate of drug-likeness (QED) is 0.884. The number of benzene rings is 1. The largest absolute Gasteiger partial charge is 0.486 e. The van der Waals surface area contributed by atoms with E-state index in [1.807, 2.05) is 18.2 Å². The lowest BCUT2D eigenvalue weighted by Crippen LogP contribution is -2.35. The Morgan fingerprint density at radius 2 is 2.30 bits per heavy atom. The van der Waals surface area contributed by atoms with Crippen molar-refractivity contribution in [3.8, 4) is 5.75 Å². The van der Waals surface area contributed by atoms with E-state index in [2.05, 4.69) is 15.6 Å². The fraction of sp³-hybridized carbons (Fsp3) is 0.294. The van der Waals surface area contributed by atoms with Crippen molar-refractivity contribution >= 4 is 23.2 Å². The second kappa shape index (κ2) is 7.44. The van der Waals surface area contributed by atoms with Crippen LogP contribution in [0.2, 0.25) is 5.02 Å². The van der Waals surface area contributed by atoms with Gasteiger partial charge in [0.1, 0.15) is 12.4 Å². The van der Waals surface area contributed by atoms with Crippen LogP contribution < -0.4 is 15.4 Å². The first kappa shape index (κ1) is 15.8. The number of rotatable bonds is 5. The summed E-state index contributed by atoms with van der Waals surface area (Å²) in [5.41, 5.74) is 1.49. The lowest BCUT2D eigenvalue weighted by Gasteiger charge is -2.13. The molecule has 5 nitrogen and oxygen atoms in total. The number of amides is 1. The van der Waals surface area contributed by atoms with Crippen molar-refractivity contribution in [2.45, 2.75) is 25.5 Å². The summed E-state index contributed by atoms with van der Waals surface area (Å²) in [7, 11) is 0. The number of pyridine rings is 1. The van der Waals surface area contributed by atoms with Gasteiger partial charge in [0.25, 0.3) is 0 Å².